The van der Waals surface area contributed by atoms with Crippen LogP contribution in [0.5, 0.6) is 0 Å². The number of nitrogens with one attached hydrogen (secondary N) is 1. The molecule has 0 saturated heterocycles. The van der Waals surface area contributed by atoms with Gasteiger partial charge >= 0.3 is 0 Å². The fourth-order valence-electron chi connectivity index (χ4n) is 1.93. The lowest BCUT2D eigenvalue weighted by Crippen LogP contribution is -2.26. The highest BCUT2D eigenvalue weighted by atomic mass is 79.9. The predicted molar refractivity (Wildman–Crippen MR) is 87.0 cm³/mol. The van der Waals surface area contributed by atoms with Crippen LogP contribution in [0.1, 0.15) is 43.1 Å². The number of carbonyl (C=O) groups excluding carboxylic acids is 1. The van der Waals surface area contributed by atoms with Gasteiger partial charge in [0.1, 0.15) is 5.69 Å². The first-order valence-corrected chi connectivity index (χ1v) is 9.00. The summed E-state index contributed by atoms with van der Waals surface area (Å²) < 4.78 is 2.97. The number of carbonyl (C=O) groups is 1. The third kappa shape index (κ3) is 6.04. The van der Waals surface area contributed by atoms with Gasteiger partial charge < -0.3 is 9.88 Å². The van der Waals surface area contributed by atoms with Crippen LogP contribution in [0.2, 0.25) is 0 Å². The van der Waals surface area contributed by atoms with Crippen molar-refractivity contribution in [2.24, 2.45) is 0 Å². The van der Waals surface area contributed by atoms with Gasteiger partial charge in [-0.15, -0.1) is 0 Å². The Labute approximate surface area is 128 Å². The number of amides is 1. The van der Waals surface area contributed by atoms with E-state index in [-0.39, 0.29) is 5.91 Å². The standard InChI is InChI=1S/C14H23BrN2OS/c1-3-8-17-11-12(15)10-13(17)14(18)16-7-5-4-6-9-19-2/h10-11H,3-9H2,1-2H3,(H,16,18). The number of thioether (sulfide) groups is 1. The lowest BCUT2D eigenvalue weighted by atomic mass is 10.2. The Morgan fingerprint density at radius 3 is 2.89 bits per heavy atom. The first kappa shape index (κ1) is 16.6. The Kier molecular flexibility index (Phi) is 8.30. The van der Waals surface area contributed by atoms with Crippen molar-refractivity contribution < 1.29 is 4.79 Å². The molecule has 1 heterocycles. The molecule has 0 bridgehead atoms. The van der Waals surface area contributed by atoms with Gasteiger partial charge in [-0.05, 0) is 53.3 Å². The molecule has 0 aliphatic heterocycles. The number of halogens is 1. The molecule has 0 aliphatic rings. The lowest BCUT2D eigenvalue weighted by Gasteiger charge is -2.08. The Morgan fingerprint density at radius 1 is 1.42 bits per heavy atom. The van der Waals surface area contributed by atoms with Gasteiger partial charge in [-0.2, -0.15) is 11.8 Å². The molecule has 1 aromatic rings. The third-order valence-electron chi connectivity index (χ3n) is 2.87. The molecule has 3 nitrogen and oxygen atoms in total. The average Bonchev–Trinajstić information content (AvgIpc) is 2.75. The third-order valence-corrected chi connectivity index (χ3v) is 4.00. The maximum absolute atomic E-state index is 12.1. The second-order valence-electron chi connectivity index (χ2n) is 4.55. The largest absolute Gasteiger partial charge is 0.351 e. The van der Waals surface area contributed by atoms with E-state index >= 15 is 0 Å². The van der Waals surface area contributed by atoms with Gasteiger partial charge in [0.15, 0.2) is 0 Å². The fourth-order valence-corrected chi connectivity index (χ4v) is 2.89. The second-order valence-corrected chi connectivity index (χ2v) is 6.45. The summed E-state index contributed by atoms with van der Waals surface area (Å²) in [7, 11) is 0. The van der Waals surface area contributed by atoms with Gasteiger partial charge in [0.2, 0.25) is 0 Å². The minimum Gasteiger partial charge on any atom is -0.351 e. The summed E-state index contributed by atoms with van der Waals surface area (Å²) in [5, 5.41) is 3.00. The molecule has 0 spiro atoms. The topological polar surface area (TPSA) is 34.0 Å². The first-order chi connectivity index (χ1) is 9.19. The smallest absolute Gasteiger partial charge is 0.267 e. The normalized spacial score (nSPS) is 10.7. The number of hydrogen-bond acceptors (Lipinski definition) is 2. The maximum Gasteiger partial charge on any atom is 0.267 e. The highest BCUT2D eigenvalue weighted by molar-refractivity contribution is 9.10. The number of rotatable bonds is 9. The Morgan fingerprint density at radius 2 is 2.21 bits per heavy atom. The van der Waals surface area contributed by atoms with Crippen molar-refractivity contribution in [1.29, 1.82) is 0 Å². The van der Waals surface area contributed by atoms with Crippen molar-refractivity contribution in [3.8, 4) is 0 Å². The van der Waals surface area contributed by atoms with Crippen LogP contribution in [0.15, 0.2) is 16.7 Å². The van der Waals surface area contributed by atoms with Crippen LogP contribution in [-0.4, -0.2) is 29.0 Å². The molecule has 0 saturated carbocycles. The van der Waals surface area contributed by atoms with E-state index in [9.17, 15) is 4.79 Å². The molecule has 1 aromatic heterocycles. The molecule has 1 rings (SSSR count). The van der Waals surface area contributed by atoms with E-state index in [2.05, 4.69) is 34.4 Å². The molecular weight excluding hydrogens is 324 g/mol. The molecule has 0 atom stereocenters. The van der Waals surface area contributed by atoms with Gasteiger partial charge in [-0.1, -0.05) is 13.3 Å². The van der Waals surface area contributed by atoms with E-state index in [0.717, 1.165) is 36.1 Å². The van der Waals surface area contributed by atoms with Gasteiger partial charge in [0.05, 0.1) is 0 Å². The van der Waals surface area contributed by atoms with Crippen LogP contribution >= 0.6 is 27.7 Å². The molecule has 0 fully saturated rings. The first-order valence-electron chi connectivity index (χ1n) is 6.81. The summed E-state index contributed by atoms with van der Waals surface area (Å²) in [4.78, 5) is 12.1. The molecular formula is C14H23BrN2OS. The average molecular weight is 347 g/mol. The zero-order valence-corrected chi connectivity index (χ0v) is 14.1. The van der Waals surface area contributed by atoms with Crippen LogP contribution < -0.4 is 5.32 Å². The van der Waals surface area contributed by atoms with E-state index in [1.54, 1.807) is 0 Å². The van der Waals surface area contributed by atoms with Crippen molar-refractivity contribution in [2.45, 2.75) is 39.2 Å². The fraction of sp³-hybridized carbons (Fsp3) is 0.643. The minimum absolute atomic E-state index is 0.0315. The molecule has 5 heteroatoms. The van der Waals surface area contributed by atoms with Crippen LogP contribution in [0.3, 0.4) is 0 Å². The number of aromatic nitrogens is 1. The van der Waals surface area contributed by atoms with Crippen molar-refractivity contribution in [1.82, 2.24) is 9.88 Å². The summed E-state index contributed by atoms with van der Waals surface area (Å²) in [6.45, 7) is 3.76. The number of nitrogens with zero attached hydrogens (tertiary/aromatic N) is 1. The van der Waals surface area contributed by atoms with Gasteiger partial charge in [0, 0.05) is 23.8 Å². The number of aryl methyl sites for hydroxylation is 1. The summed E-state index contributed by atoms with van der Waals surface area (Å²) in [6, 6.07) is 1.89. The van der Waals surface area contributed by atoms with Crippen LogP contribution in [0.25, 0.3) is 0 Å². The van der Waals surface area contributed by atoms with Crippen molar-refractivity contribution >= 4 is 33.6 Å². The molecule has 0 aromatic carbocycles. The number of unbranched alkanes of at least 4 members (excludes halogenated alkanes) is 2. The summed E-state index contributed by atoms with van der Waals surface area (Å²) in [6.07, 6.45) is 8.59. The summed E-state index contributed by atoms with van der Waals surface area (Å²) >= 11 is 5.31. The van der Waals surface area contributed by atoms with Crippen molar-refractivity contribution in [2.75, 3.05) is 18.6 Å². The highest BCUT2D eigenvalue weighted by Gasteiger charge is 2.11. The molecule has 1 N–H and O–H groups in total. The van der Waals surface area contributed by atoms with Crippen molar-refractivity contribution in [3.05, 3.63) is 22.4 Å². The summed E-state index contributed by atoms with van der Waals surface area (Å²) in [5.74, 6) is 1.24. The van der Waals surface area contributed by atoms with Gasteiger partial charge in [-0.25, -0.2) is 0 Å². The highest BCUT2D eigenvalue weighted by Crippen LogP contribution is 2.15. The van der Waals surface area contributed by atoms with E-state index in [1.807, 2.05) is 28.6 Å². The zero-order chi connectivity index (χ0) is 14.1. The monoisotopic (exact) mass is 346 g/mol. The molecule has 19 heavy (non-hydrogen) atoms. The van der Waals surface area contributed by atoms with E-state index in [1.165, 1.54) is 18.6 Å². The quantitative estimate of drug-likeness (QED) is 0.687. The molecule has 108 valence electrons. The van der Waals surface area contributed by atoms with E-state index < -0.39 is 0 Å². The Balaban J connectivity index is 2.36. The number of hydrogen-bond donors (Lipinski definition) is 1. The maximum atomic E-state index is 12.1. The molecule has 1 amide bonds. The van der Waals surface area contributed by atoms with Gasteiger partial charge in [0.25, 0.3) is 5.91 Å². The van der Waals surface area contributed by atoms with Gasteiger partial charge in [-0.3, -0.25) is 4.79 Å². The Hall–Kier alpha value is -0.420. The molecule has 0 aliphatic carbocycles. The van der Waals surface area contributed by atoms with E-state index in [4.69, 9.17) is 0 Å². The van der Waals surface area contributed by atoms with Crippen LogP contribution in [-0.2, 0) is 6.54 Å². The van der Waals surface area contributed by atoms with Crippen molar-refractivity contribution in [3.63, 3.8) is 0 Å². The SMILES string of the molecule is CCCn1cc(Br)cc1C(=O)NCCCCCSC. The van der Waals surface area contributed by atoms with Crippen LogP contribution in [0.4, 0.5) is 0 Å². The minimum atomic E-state index is 0.0315. The lowest BCUT2D eigenvalue weighted by molar-refractivity contribution is 0.0943. The van der Waals surface area contributed by atoms with E-state index in [0.29, 0.717) is 0 Å². The molecule has 0 unspecified atom stereocenters. The summed E-state index contributed by atoms with van der Waals surface area (Å²) in [5.41, 5.74) is 0.748. The molecule has 0 radical (unpaired) electrons. The second kappa shape index (κ2) is 9.48. The Bertz CT molecular complexity index is 393. The predicted octanol–water partition coefficient (Wildman–Crippen LogP) is 3.92. The van der Waals surface area contributed by atoms with Crippen LogP contribution in [0, 0.1) is 0 Å². The zero-order valence-electron chi connectivity index (χ0n) is 11.7.